The van der Waals surface area contributed by atoms with Gasteiger partial charge in [-0.1, -0.05) is 296 Å². The molecule has 0 bridgehead atoms. The average molecular weight is 806 g/mol. The number of aliphatic hydroxyl groups excluding tert-OH is 2. The van der Waals surface area contributed by atoms with Crippen molar-refractivity contribution in [2.75, 3.05) is 6.61 Å². The molecule has 0 aliphatic carbocycles. The number of amides is 1. The van der Waals surface area contributed by atoms with Crippen LogP contribution in [0.25, 0.3) is 0 Å². The minimum absolute atomic E-state index is 0.0236. The molecule has 1 amide bonds. The van der Waals surface area contributed by atoms with Gasteiger partial charge in [-0.2, -0.15) is 0 Å². The van der Waals surface area contributed by atoms with Gasteiger partial charge in [0.25, 0.3) is 0 Å². The van der Waals surface area contributed by atoms with Crippen molar-refractivity contribution < 1.29 is 15.0 Å². The van der Waals surface area contributed by atoms with Gasteiger partial charge in [0.15, 0.2) is 0 Å². The lowest BCUT2D eigenvalue weighted by Gasteiger charge is -2.22. The fraction of sp³-hybridized carbons (Fsp3) is 0.981. The largest absolute Gasteiger partial charge is 0.394 e. The molecule has 57 heavy (non-hydrogen) atoms. The first-order valence-electron chi connectivity index (χ1n) is 26.7. The summed E-state index contributed by atoms with van der Waals surface area (Å²) in [4.78, 5) is 12.4. The quantitative estimate of drug-likeness (QED) is 0.0536. The van der Waals surface area contributed by atoms with E-state index in [0.29, 0.717) is 12.8 Å². The molecule has 0 aromatic carbocycles. The number of nitrogens with one attached hydrogen (secondary N) is 1. The molecule has 0 radical (unpaired) electrons. The highest BCUT2D eigenvalue weighted by Gasteiger charge is 2.20. The molecule has 0 aliphatic rings. The van der Waals surface area contributed by atoms with Gasteiger partial charge in [-0.15, -0.1) is 0 Å². The Morgan fingerprint density at radius 2 is 0.561 bits per heavy atom. The van der Waals surface area contributed by atoms with Crippen LogP contribution in [0.4, 0.5) is 0 Å². The van der Waals surface area contributed by atoms with Crippen LogP contribution >= 0.6 is 0 Å². The number of carbonyl (C=O) groups is 1. The fourth-order valence-electron chi connectivity index (χ4n) is 8.78. The van der Waals surface area contributed by atoms with Gasteiger partial charge in [0.05, 0.1) is 18.8 Å². The van der Waals surface area contributed by atoms with Crippen LogP contribution in [0.3, 0.4) is 0 Å². The van der Waals surface area contributed by atoms with Crippen LogP contribution in [0.2, 0.25) is 0 Å². The highest BCUT2D eigenvalue weighted by atomic mass is 16.3. The Labute approximate surface area is 359 Å². The number of rotatable bonds is 50. The van der Waals surface area contributed by atoms with Gasteiger partial charge in [-0.25, -0.2) is 0 Å². The van der Waals surface area contributed by atoms with Gasteiger partial charge in [0.2, 0.25) is 5.91 Å². The minimum atomic E-state index is -0.653. The molecule has 4 nitrogen and oxygen atoms in total. The Bertz CT molecular complexity index is 744. The van der Waals surface area contributed by atoms with Crippen molar-refractivity contribution in [3.63, 3.8) is 0 Å². The Balaban J connectivity index is 3.36. The van der Waals surface area contributed by atoms with Crippen molar-refractivity contribution in [2.45, 2.75) is 328 Å². The minimum Gasteiger partial charge on any atom is -0.394 e. The first kappa shape index (κ1) is 56.4. The zero-order valence-corrected chi connectivity index (χ0v) is 39.4. The third kappa shape index (κ3) is 46.3. The molecule has 3 N–H and O–H groups in total. The van der Waals surface area contributed by atoms with Gasteiger partial charge in [-0.3, -0.25) is 4.79 Å². The molecule has 0 spiro atoms. The van der Waals surface area contributed by atoms with E-state index in [9.17, 15) is 15.0 Å². The lowest BCUT2D eigenvalue weighted by molar-refractivity contribution is -0.123. The summed E-state index contributed by atoms with van der Waals surface area (Å²) in [5, 5.41) is 23.2. The number of unbranched alkanes of at least 4 members (excludes halogenated alkanes) is 43. The molecular weight excluding hydrogens is 699 g/mol. The van der Waals surface area contributed by atoms with E-state index in [0.717, 1.165) is 25.7 Å². The van der Waals surface area contributed by atoms with Gasteiger partial charge in [0, 0.05) is 6.42 Å². The van der Waals surface area contributed by atoms with E-state index in [1.807, 2.05) is 0 Å². The Kier molecular flexibility index (Phi) is 49.2. The maximum absolute atomic E-state index is 12.4. The van der Waals surface area contributed by atoms with E-state index in [4.69, 9.17) is 0 Å². The van der Waals surface area contributed by atoms with Crippen molar-refractivity contribution >= 4 is 5.91 Å². The van der Waals surface area contributed by atoms with Crippen LogP contribution in [0.1, 0.15) is 316 Å². The normalized spacial score (nSPS) is 12.7. The van der Waals surface area contributed by atoms with Gasteiger partial charge >= 0.3 is 0 Å². The summed E-state index contributed by atoms with van der Waals surface area (Å²) in [7, 11) is 0. The molecule has 2 atom stereocenters. The van der Waals surface area contributed by atoms with Gasteiger partial charge in [0.1, 0.15) is 0 Å². The lowest BCUT2D eigenvalue weighted by atomic mass is 10.0. The first-order chi connectivity index (χ1) is 28.2. The lowest BCUT2D eigenvalue weighted by Crippen LogP contribution is -2.45. The molecule has 0 rings (SSSR count). The molecule has 0 aromatic rings. The van der Waals surface area contributed by atoms with Crippen molar-refractivity contribution in [1.29, 1.82) is 0 Å². The van der Waals surface area contributed by atoms with E-state index >= 15 is 0 Å². The second-order valence-corrected chi connectivity index (χ2v) is 18.7. The molecular formula is C53H107NO3. The summed E-state index contributed by atoms with van der Waals surface area (Å²) in [6.07, 6.45) is 62.3. The summed E-state index contributed by atoms with van der Waals surface area (Å²) in [6.45, 7) is 4.39. The zero-order valence-electron chi connectivity index (χ0n) is 39.4. The van der Waals surface area contributed by atoms with Crippen LogP contribution in [0, 0.1) is 0 Å². The van der Waals surface area contributed by atoms with Crippen molar-refractivity contribution in [3.05, 3.63) is 0 Å². The molecule has 0 heterocycles. The van der Waals surface area contributed by atoms with Crippen LogP contribution in [-0.4, -0.2) is 34.9 Å². The van der Waals surface area contributed by atoms with E-state index in [1.54, 1.807) is 0 Å². The summed E-state index contributed by atoms with van der Waals surface area (Å²) >= 11 is 0. The summed E-state index contributed by atoms with van der Waals surface area (Å²) in [5.74, 6) is -0.0236. The van der Waals surface area contributed by atoms with E-state index < -0.39 is 12.1 Å². The van der Waals surface area contributed by atoms with Gasteiger partial charge < -0.3 is 15.5 Å². The first-order valence-corrected chi connectivity index (χ1v) is 26.7. The second-order valence-electron chi connectivity index (χ2n) is 18.7. The molecule has 0 saturated heterocycles. The smallest absolute Gasteiger partial charge is 0.220 e. The Morgan fingerprint density at radius 1 is 0.351 bits per heavy atom. The summed E-state index contributed by atoms with van der Waals surface area (Å²) in [6, 6.07) is -0.530. The third-order valence-electron chi connectivity index (χ3n) is 12.9. The third-order valence-corrected chi connectivity index (χ3v) is 12.9. The van der Waals surface area contributed by atoms with Crippen LogP contribution in [-0.2, 0) is 4.79 Å². The Hall–Kier alpha value is -0.610. The topological polar surface area (TPSA) is 69.6 Å². The fourth-order valence-corrected chi connectivity index (χ4v) is 8.78. The van der Waals surface area contributed by atoms with E-state index in [2.05, 4.69) is 19.2 Å². The molecule has 0 fully saturated rings. The van der Waals surface area contributed by atoms with E-state index in [-0.39, 0.29) is 12.5 Å². The SMILES string of the molecule is CCCCCCCCCCCCCCCCCCCCCCCCCCCCCCCCCC(=O)NC(CO)C(O)CCCCCCCCCCCCCCCC. The molecule has 4 heteroatoms. The number of hydrogen-bond donors (Lipinski definition) is 3. The number of hydrogen-bond acceptors (Lipinski definition) is 3. The number of carbonyl (C=O) groups excluding carboxylic acids is 1. The molecule has 2 unspecified atom stereocenters. The van der Waals surface area contributed by atoms with E-state index in [1.165, 1.54) is 263 Å². The van der Waals surface area contributed by atoms with Crippen LogP contribution < -0.4 is 5.32 Å². The van der Waals surface area contributed by atoms with Gasteiger partial charge in [-0.05, 0) is 12.8 Å². The summed E-state index contributed by atoms with van der Waals surface area (Å²) in [5.41, 5.74) is 0. The van der Waals surface area contributed by atoms with Crippen molar-refractivity contribution in [3.8, 4) is 0 Å². The van der Waals surface area contributed by atoms with Crippen LogP contribution in [0.15, 0.2) is 0 Å². The second kappa shape index (κ2) is 49.8. The maximum atomic E-state index is 12.4. The zero-order chi connectivity index (χ0) is 41.4. The average Bonchev–Trinajstić information content (AvgIpc) is 3.22. The molecule has 0 aliphatic heterocycles. The Morgan fingerprint density at radius 3 is 0.789 bits per heavy atom. The predicted octanol–water partition coefficient (Wildman–Crippen LogP) is 17.2. The predicted molar refractivity (Wildman–Crippen MR) is 253 cm³/mol. The van der Waals surface area contributed by atoms with Crippen LogP contribution in [0.5, 0.6) is 0 Å². The summed E-state index contributed by atoms with van der Waals surface area (Å²) < 4.78 is 0. The van der Waals surface area contributed by atoms with Crippen molar-refractivity contribution in [1.82, 2.24) is 5.32 Å². The molecule has 342 valence electrons. The molecule has 0 aromatic heterocycles. The maximum Gasteiger partial charge on any atom is 0.220 e. The molecule has 0 saturated carbocycles. The van der Waals surface area contributed by atoms with Crippen molar-refractivity contribution in [2.24, 2.45) is 0 Å². The monoisotopic (exact) mass is 806 g/mol. The highest BCUT2D eigenvalue weighted by molar-refractivity contribution is 5.76. The highest BCUT2D eigenvalue weighted by Crippen LogP contribution is 2.18. The number of aliphatic hydroxyl groups is 2. The standard InChI is InChI=1S/C53H107NO3/c1-3-5-7-9-11-13-15-17-19-20-21-22-23-24-25-26-27-28-29-30-31-32-33-34-35-37-39-41-43-45-47-49-53(57)54-51(50-55)52(56)48-46-44-42-40-38-36-18-16-14-12-10-8-6-4-2/h51-52,55-56H,3-50H2,1-2H3,(H,54,57).